The SMILES string of the molecule is O=C(NO)[C@H]1C[C@H]2CCC[C@H]2N1S(=O)(=O)c1ccc(Cl)s1. The Kier molecular flexibility index (Phi) is 4.00. The maximum atomic E-state index is 12.8. The zero-order chi connectivity index (χ0) is 15.2. The summed E-state index contributed by atoms with van der Waals surface area (Å²) in [6.45, 7) is 0. The van der Waals surface area contributed by atoms with Crippen LogP contribution in [0.1, 0.15) is 25.7 Å². The number of carbonyl (C=O) groups excluding carboxylic acids is 1. The van der Waals surface area contributed by atoms with E-state index in [9.17, 15) is 13.2 Å². The van der Waals surface area contributed by atoms with Gasteiger partial charge in [-0.2, -0.15) is 4.31 Å². The summed E-state index contributed by atoms with van der Waals surface area (Å²) in [7, 11) is -3.78. The third-order valence-corrected chi connectivity index (χ3v) is 7.90. The summed E-state index contributed by atoms with van der Waals surface area (Å²) < 4.78 is 27.5. The summed E-state index contributed by atoms with van der Waals surface area (Å²) in [5.74, 6) is -0.492. The minimum absolute atomic E-state index is 0.135. The molecule has 1 aliphatic carbocycles. The third kappa shape index (κ3) is 2.49. The highest BCUT2D eigenvalue weighted by Gasteiger charge is 2.52. The van der Waals surface area contributed by atoms with Gasteiger partial charge in [0.15, 0.2) is 0 Å². The normalized spacial score (nSPS) is 29.5. The molecule has 21 heavy (non-hydrogen) atoms. The van der Waals surface area contributed by atoms with Gasteiger partial charge in [0.1, 0.15) is 10.3 Å². The molecule has 2 heterocycles. The molecule has 1 aliphatic heterocycles. The van der Waals surface area contributed by atoms with E-state index in [1.54, 1.807) is 5.48 Å². The molecule has 1 saturated heterocycles. The van der Waals surface area contributed by atoms with Crippen LogP contribution in [0, 0.1) is 5.92 Å². The molecule has 0 bridgehead atoms. The monoisotopic (exact) mass is 350 g/mol. The fraction of sp³-hybridized carbons (Fsp3) is 0.583. The number of nitrogens with zero attached hydrogens (tertiary/aromatic N) is 1. The van der Waals surface area contributed by atoms with Crippen LogP contribution < -0.4 is 5.48 Å². The van der Waals surface area contributed by atoms with Crippen LogP contribution in [0.25, 0.3) is 0 Å². The average Bonchev–Trinajstić information content (AvgIpc) is 3.11. The van der Waals surface area contributed by atoms with Crippen molar-refractivity contribution in [3.8, 4) is 0 Å². The number of halogens is 1. The van der Waals surface area contributed by atoms with Crippen molar-refractivity contribution in [2.75, 3.05) is 0 Å². The van der Waals surface area contributed by atoms with Crippen LogP contribution in [0.5, 0.6) is 0 Å². The molecule has 3 atom stereocenters. The van der Waals surface area contributed by atoms with E-state index in [0.29, 0.717) is 10.8 Å². The summed E-state index contributed by atoms with van der Waals surface area (Å²) in [5.41, 5.74) is 1.59. The number of sulfonamides is 1. The summed E-state index contributed by atoms with van der Waals surface area (Å²) in [5, 5.41) is 8.88. The van der Waals surface area contributed by atoms with E-state index < -0.39 is 22.0 Å². The predicted molar refractivity (Wildman–Crippen MR) is 77.8 cm³/mol. The lowest BCUT2D eigenvalue weighted by Gasteiger charge is -2.26. The molecule has 1 aromatic rings. The number of thiophene rings is 1. The highest BCUT2D eigenvalue weighted by Crippen LogP contribution is 2.45. The van der Waals surface area contributed by atoms with Gasteiger partial charge < -0.3 is 0 Å². The molecule has 3 rings (SSSR count). The first-order chi connectivity index (χ1) is 9.95. The van der Waals surface area contributed by atoms with Crippen molar-refractivity contribution < 1.29 is 18.4 Å². The van der Waals surface area contributed by atoms with Gasteiger partial charge in [-0.25, -0.2) is 13.9 Å². The molecule has 116 valence electrons. The predicted octanol–water partition coefficient (Wildman–Crippen LogP) is 1.84. The topological polar surface area (TPSA) is 86.7 Å². The molecular formula is C12H15ClN2O4S2. The fourth-order valence-electron chi connectivity index (χ4n) is 3.43. The van der Waals surface area contributed by atoms with E-state index >= 15 is 0 Å². The highest BCUT2D eigenvalue weighted by molar-refractivity contribution is 7.91. The third-order valence-electron chi connectivity index (χ3n) is 4.27. The molecule has 9 heteroatoms. The Bertz CT molecular complexity index is 660. The van der Waals surface area contributed by atoms with Gasteiger partial charge in [-0.05, 0) is 37.3 Å². The van der Waals surface area contributed by atoms with E-state index in [-0.39, 0.29) is 16.2 Å². The Morgan fingerprint density at radius 3 is 2.81 bits per heavy atom. The molecule has 0 radical (unpaired) electrons. The number of hydrogen-bond acceptors (Lipinski definition) is 5. The van der Waals surface area contributed by atoms with Crippen molar-refractivity contribution in [3.63, 3.8) is 0 Å². The maximum Gasteiger partial charge on any atom is 0.261 e. The lowest BCUT2D eigenvalue weighted by molar-refractivity contribution is -0.132. The Labute approximate surface area is 131 Å². The molecule has 6 nitrogen and oxygen atoms in total. The summed E-state index contributed by atoms with van der Waals surface area (Å²) in [6.07, 6.45) is 3.07. The first-order valence-electron chi connectivity index (χ1n) is 6.68. The number of nitrogens with one attached hydrogen (secondary N) is 1. The number of carbonyl (C=O) groups is 1. The second-order valence-corrected chi connectivity index (χ2v) is 9.16. The van der Waals surface area contributed by atoms with Crippen LogP contribution in [0.4, 0.5) is 0 Å². The van der Waals surface area contributed by atoms with Crippen molar-refractivity contribution in [2.45, 2.75) is 42.0 Å². The average molecular weight is 351 g/mol. The number of amides is 1. The molecule has 0 aromatic carbocycles. The lowest BCUT2D eigenvalue weighted by Crippen LogP contribution is -2.47. The Morgan fingerprint density at radius 2 is 2.19 bits per heavy atom. The lowest BCUT2D eigenvalue weighted by atomic mass is 10.0. The minimum Gasteiger partial charge on any atom is -0.289 e. The molecule has 1 saturated carbocycles. The quantitative estimate of drug-likeness (QED) is 0.643. The van der Waals surface area contributed by atoms with Crippen LogP contribution >= 0.6 is 22.9 Å². The van der Waals surface area contributed by atoms with Crippen molar-refractivity contribution in [1.29, 1.82) is 0 Å². The second-order valence-electron chi connectivity index (χ2n) is 5.38. The largest absolute Gasteiger partial charge is 0.289 e. The molecule has 1 amide bonds. The van der Waals surface area contributed by atoms with Gasteiger partial charge in [0.25, 0.3) is 15.9 Å². The highest BCUT2D eigenvalue weighted by atomic mass is 35.5. The van der Waals surface area contributed by atoms with E-state index in [2.05, 4.69) is 0 Å². The Morgan fingerprint density at radius 1 is 1.43 bits per heavy atom. The van der Waals surface area contributed by atoms with E-state index in [4.69, 9.17) is 16.8 Å². The van der Waals surface area contributed by atoms with E-state index in [1.165, 1.54) is 16.4 Å². The van der Waals surface area contributed by atoms with Crippen LogP contribution in [-0.4, -0.2) is 35.9 Å². The summed E-state index contributed by atoms with van der Waals surface area (Å²) in [6, 6.07) is 1.97. The van der Waals surface area contributed by atoms with Crippen molar-refractivity contribution in [3.05, 3.63) is 16.5 Å². The van der Waals surface area contributed by atoms with Crippen molar-refractivity contribution >= 4 is 38.9 Å². The van der Waals surface area contributed by atoms with Crippen LogP contribution in [-0.2, 0) is 14.8 Å². The molecule has 0 unspecified atom stereocenters. The number of rotatable bonds is 3. The molecule has 2 aliphatic rings. The molecule has 2 fully saturated rings. The number of hydroxylamine groups is 1. The van der Waals surface area contributed by atoms with Crippen LogP contribution in [0.15, 0.2) is 16.3 Å². The zero-order valence-electron chi connectivity index (χ0n) is 11.0. The van der Waals surface area contributed by atoms with Gasteiger partial charge in [0.2, 0.25) is 0 Å². The van der Waals surface area contributed by atoms with Gasteiger partial charge in [-0.15, -0.1) is 11.3 Å². The smallest absolute Gasteiger partial charge is 0.261 e. The van der Waals surface area contributed by atoms with E-state index in [0.717, 1.165) is 30.6 Å². The Hall–Kier alpha value is -0.670. The zero-order valence-corrected chi connectivity index (χ0v) is 13.4. The van der Waals surface area contributed by atoms with Crippen LogP contribution in [0.3, 0.4) is 0 Å². The minimum atomic E-state index is -3.78. The van der Waals surface area contributed by atoms with Crippen molar-refractivity contribution in [2.24, 2.45) is 5.92 Å². The summed E-state index contributed by atoms with van der Waals surface area (Å²) >= 11 is 6.81. The van der Waals surface area contributed by atoms with Crippen molar-refractivity contribution in [1.82, 2.24) is 9.79 Å². The van der Waals surface area contributed by atoms with Gasteiger partial charge in [0, 0.05) is 6.04 Å². The number of fused-ring (bicyclic) bond motifs is 1. The van der Waals surface area contributed by atoms with Gasteiger partial charge in [-0.3, -0.25) is 10.0 Å². The molecular weight excluding hydrogens is 336 g/mol. The number of hydrogen-bond donors (Lipinski definition) is 2. The first-order valence-corrected chi connectivity index (χ1v) is 9.31. The van der Waals surface area contributed by atoms with E-state index in [1.807, 2.05) is 0 Å². The molecule has 1 aromatic heterocycles. The first kappa shape index (κ1) is 15.2. The fourth-order valence-corrected chi connectivity index (χ4v) is 6.89. The second kappa shape index (κ2) is 5.51. The molecule has 2 N–H and O–H groups in total. The Balaban J connectivity index is 2.01. The van der Waals surface area contributed by atoms with Gasteiger partial charge in [-0.1, -0.05) is 18.0 Å². The summed E-state index contributed by atoms with van der Waals surface area (Å²) in [4.78, 5) is 11.8. The van der Waals surface area contributed by atoms with Gasteiger partial charge >= 0.3 is 0 Å². The molecule has 0 spiro atoms. The van der Waals surface area contributed by atoms with Gasteiger partial charge in [0.05, 0.1) is 4.34 Å². The maximum absolute atomic E-state index is 12.8. The standard InChI is InChI=1S/C12H15ClN2O4S2/c13-10-4-5-11(20-10)21(18,19)15-8-3-1-2-7(8)6-9(15)12(16)14-17/h4-5,7-9,17H,1-3,6H2,(H,14,16)/t7-,8-,9-/m1/s1. The van der Waals surface area contributed by atoms with Crippen LogP contribution in [0.2, 0.25) is 4.34 Å².